The van der Waals surface area contributed by atoms with Gasteiger partial charge in [0.15, 0.2) is 11.5 Å². The van der Waals surface area contributed by atoms with E-state index >= 15 is 0 Å². The molecule has 0 atom stereocenters. The van der Waals surface area contributed by atoms with Crippen molar-refractivity contribution in [2.75, 3.05) is 34.9 Å². The Kier molecular flexibility index (Phi) is 5.80. The lowest BCUT2D eigenvalue weighted by molar-refractivity contribution is 0.180. The van der Waals surface area contributed by atoms with E-state index in [-0.39, 0.29) is 0 Å². The van der Waals surface area contributed by atoms with E-state index in [0.29, 0.717) is 6.61 Å². The van der Waals surface area contributed by atoms with Crippen molar-refractivity contribution in [2.45, 2.75) is 13.0 Å². The molecule has 0 aliphatic carbocycles. The molecule has 0 spiro atoms. The number of ether oxygens (including phenoxy) is 3. The zero-order valence-corrected chi connectivity index (χ0v) is 11.0. The van der Waals surface area contributed by atoms with Gasteiger partial charge in [-0.2, -0.15) is 0 Å². The summed E-state index contributed by atoms with van der Waals surface area (Å²) in [5.41, 5.74) is 2.28. The van der Waals surface area contributed by atoms with Crippen LogP contribution in [-0.4, -0.2) is 34.9 Å². The van der Waals surface area contributed by atoms with Crippen molar-refractivity contribution >= 4 is 0 Å². The highest BCUT2D eigenvalue weighted by Crippen LogP contribution is 2.34. The van der Waals surface area contributed by atoms with Gasteiger partial charge in [-0.3, -0.25) is 0 Å². The minimum absolute atomic E-state index is 0.527. The fourth-order valence-electron chi connectivity index (χ4n) is 1.83. The fraction of sp³-hybridized carbons (Fsp3) is 0.538. The molecule has 96 valence electrons. The van der Waals surface area contributed by atoms with Gasteiger partial charge in [0.25, 0.3) is 0 Å². The van der Waals surface area contributed by atoms with E-state index in [1.807, 2.05) is 13.1 Å². The molecule has 0 fully saturated rings. The second kappa shape index (κ2) is 7.14. The molecule has 0 saturated carbocycles. The average molecular weight is 239 g/mol. The number of rotatable bonds is 7. The van der Waals surface area contributed by atoms with Crippen LogP contribution in [0.2, 0.25) is 0 Å². The van der Waals surface area contributed by atoms with Crippen LogP contribution in [0.1, 0.15) is 11.1 Å². The summed E-state index contributed by atoms with van der Waals surface area (Å²) in [5.74, 6) is 1.51. The molecule has 0 unspecified atom stereocenters. The minimum Gasteiger partial charge on any atom is -0.493 e. The van der Waals surface area contributed by atoms with Crippen molar-refractivity contribution < 1.29 is 14.2 Å². The summed E-state index contributed by atoms with van der Waals surface area (Å²) in [4.78, 5) is 0. The number of nitrogens with one attached hydrogen (secondary N) is 1. The Labute approximate surface area is 103 Å². The van der Waals surface area contributed by atoms with Gasteiger partial charge in [-0.25, -0.2) is 0 Å². The Morgan fingerprint density at radius 1 is 1.12 bits per heavy atom. The molecule has 0 radical (unpaired) electrons. The van der Waals surface area contributed by atoms with E-state index in [2.05, 4.69) is 11.4 Å². The van der Waals surface area contributed by atoms with E-state index in [4.69, 9.17) is 14.2 Å². The van der Waals surface area contributed by atoms with Crippen LogP contribution in [-0.2, 0) is 17.8 Å². The van der Waals surface area contributed by atoms with Gasteiger partial charge in [0.05, 0.1) is 20.8 Å². The van der Waals surface area contributed by atoms with Crippen LogP contribution in [0.5, 0.6) is 11.5 Å². The number of methoxy groups -OCH3 is 3. The lowest BCUT2D eigenvalue weighted by Crippen LogP contribution is -2.12. The molecule has 0 amide bonds. The Hall–Kier alpha value is -1.26. The van der Waals surface area contributed by atoms with E-state index < -0.39 is 0 Å². The number of hydrogen-bond acceptors (Lipinski definition) is 4. The van der Waals surface area contributed by atoms with Crippen LogP contribution >= 0.6 is 0 Å². The van der Waals surface area contributed by atoms with Crippen LogP contribution in [0.15, 0.2) is 12.1 Å². The lowest BCUT2D eigenvalue weighted by Gasteiger charge is -2.16. The first-order valence-electron chi connectivity index (χ1n) is 5.64. The molecule has 1 rings (SSSR count). The zero-order valence-electron chi connectivity index (χ0n) is 11.0. The van der Waals surface area contributed by atoms with E-state index in [1.54, 1.807) is 21.3 Å². The van der Waals surface area contributed by atoms with Gasteiger partial charge in [-0.1, -0.05) is 6.07 Å². The fourth-order valence-corrected chi connectivity index (χ4v) is 1.83. The van der Waals surface area contributed by atoms with Gasteiger partial charge in [-0.15, -0.1) is 0 Å². The molecule has 1 aromatic carbocycles. The molecule has 0 aromatic heterocycles. The third-order valence-corrected chi connectivity index (χ3v) is 2.68. The quantitative estimate of drug-likeness (QED) is 0.784. The predicted molar refractivity (Wildman–Crippen MR) is 67.9 cm³/mol. The maximum Gasteiger partial charge on any atom is 0.166 e. The highest BCUT2D eigenvalue weighted by molar-refractivity contribution is 5.50. The van der Waals surface area contributed by atoms with Crippen molar-refractivity contribution in [3.8, 4) is 11.5 Å². The third-order valence-electron chi connectivity index (χ3n) is 2.68. The molecule has 17 heavy (non-hydrogen) atoms. The molecule has 1 aromatic rings. The lowest BCUT2D eigenvalue weighted by atomic mass is 10.0. The summed E-state index contributed by atoms with van der Waals surface area (Å²) >= 11 is 0. The SMILES string of the molecule is CNCCc1ccc(OC)c(OC)c1COC. The number of benzene rings is 1. The zero-order chi connectivity index (χ0) is 12.7. The topological polar surface area (TPSA) is 39.7 Å². The summed E-state index contributed by atoms with van der Waals surface area (Å²) in [7, 11) is 6.91. The van der Waals surface area contributed by atoms with E-state index in [0.717, 1.165) is 30.0 Å². The van der Waals surface area contributed by atoms with E-state index in [1.165, 1.54) is 5.56 Å². The van der Waals surface area contributed by atoms with Crippen LogP contribution in [0.3, 0.4) is 0 Å². The molecular weight excluding hydrogens is 218 g/mol. The van der Waals surface area contributed by atoms with Gasteiger partial charge in [-0.05, 0) is 31.6 Å². The minimum atomic E-state index is 0.527. The van der Waals surface area contributed by atoms with Crippen LogP contribution < -0.4 is 14.8 Å². The molecule has 0 aliphatic heterocycles. The molecule has 0 bridgehead atoms. The Bertz CT molecular complexity index is 353. The normalized spacial score (nSPS) is 10.4. The summed E-state index contributed by atoms with van der Waals surface area (Å²) in [5, 5.41) is 3.14. The first kappa shape index (κ1) is 13.8. The van der Waals surface area contributed by atoms with Crippen molar-refractivity contribution in [3.05, 3.63) is 23.3 Å². The molecule has 0 saturated heterocycles. The molecule has 1 N–H and O–H groups in total. The maximum atomic E-state index is 5.42. The van der Waals surface area contributed by atoms with Crippen molar-refractivity contribution in [1.29, 1.82) is 0 Å². The predicted octanol–water partition coefficient (Wildman–Crippen LogP) is 1.61. The van der Waals surface area contributed by atoms with Crippen molar-refractivity contribution in [3.63, 3.8) is 0 Å². The van der Waals surface area contributed by atoms with Gasteiger partial charge >= 0.3 is 0 Å². The second-order valence-electron chi connectivity index (χ2n) is 3.73. The van der Waals surface area contributed by atoms with Crippen LogP contribution in [0.25, 0.3) is 0 Å². The van der Waals surface area contributed by atoms with Crippen LogP contribution in [0, 0.1) is 0 Å². The van der Waals surface area contributed by atoms with Gasteiger partial charge in [0.1, 0.15) is 0 Å². The van der Waals surface area contributed by atoms with Crippen LogP contribution in [0.4, 0.5) is 0 Å². The van der Waals surface area contributed by atoms with Crippen molar-refractivity contribution in [1.82, 2.24) is 5.32 Å². The number of likely N-dealkylation sites (N-methyl/N-ethyl adjacent to an activating group) is 1. The first-order chi connectivity index (χ1) is 8.28. The van der Waals surface area contributed by atoms with Crippen molar-refractivity contribution in [2.24, 2.45) is 0 Å². The Morgan fingerprint density at radius 3 is 2.41 bits per heavy atom. The summed E-state index contributed by atoms with van der Waals surface area (Å²) in [6.45, 7) is 1.45. The largest absolute Gasteiger partial charge is 0.493 e. The van der Waals surface area contributed by atoms with Gasteiger partial charge in [0, 0.05) is 12.7 Å². The molecule has 4 heteroatoms. The smallest absolute Gasteiger partial charge is 0.166 e. The molecular formula is C13H21NO3. The summed E-state index contributed by atoms with van der Waals surface area (Å²) < 4.78 is 15.9. The molecule has 0 aliphatic rings. The monoisotopic (exact) mass is 239 g/mol. The average Bonchev–Trinajstić information content (AvgIpc) is 2.37. The Morgan fingerprint density at radius 2 is 1.88 bits per heavy atom. The standard InChI is InChI=1S/C13H21NO3/c1-14-8-7-10-5-6-12(16-3)13(17-4)11(10)9-15-2/h5-6,14H,7-9H2,1-4H3. The highest BCUT2D eigenvalue weighted by atomic mass is 16.5. The maximum absolute atomic E-state index is 5.42. The first-order valence-corrected chi connectivity index (χ1v) is 5.64. The third kappa shape index (κ3) is 3.35. The van der Waals surface area contributed by atoms with Gasteiger partial charge in [0.2, 0.25) is 0 Å². The molecule has 4 nitrogen and oxygen atoms in total. The molecule has 0 heterocycles. The Balaban J connectivity index is 3.11. The number of hydrogen-bond donors (Lipinski definition) is 1. The summed E-state index contributed by atoms with van der Waals surface area (Å²) in [6.07, 6.45) is 0.940. The van der Waals surface area contributed by atoms with Gasteiger partial charge < -0.3 is 19.5 Å². The van der Waals surface area contributed by atoms with E-state index in [9.17, 15) is 0 Å². The highest BCUT2D eigenvalue weighted by Gasteiger charge is 2.14. The summed E-state index contributed by atoms with van der Waals surface area (Å²) in [6, 6.07) is 4.00. The second-order valence-corrected chi connectivity index (χ2v) is 3.73.